The Kier molecular flexibility index (Phi) is 3.33. The maximum Gasteiger partial charge on any atom is 0.240 e. The quantitative estimate of drug-likeness (QED) is 0.762. The van der Waals surface area contributed by atoms with Crippen LogP contribution in [0.1, 0.15) is 31.7 Å². The van der Waals surface area contributed by atoms with Gasteiger partial charge in [-0.2, -0.15) is 0 Å². The van der Waals surface area contributed by atoms with E-state index in [-0.39, 0.29) is 10.7 Å². The van der Waals surface area contributed by atoms with Crippen LogP contribution >= 0.6 is 15.9 Å². The number of hydrogen-bond donors (Lipinski definition) is 0. The minimum Gasteiger partial charge on any atom is -0.311 e. The fourth-order valence-corrected chi connectivity index (χ4v) is 2.56. The second kappa shape index (κ2) is 4.58. The third-order valence-electron chi connectivity index (χ3n) is 2.99. The molecule has 0 spiro atoms. The second-order valence-corrected chi connectivity index (χ2v) is 5.56. The third kappa shape index (κ3) is 2.01. The summed E-state index contributed by atoms with van der Waals surface area (Å²) in [6.07, 6.45) is 0.894. The Labute approximate surface area is 105 Å². The highest BCUT2D eigenvalue weighted by Crippen LogP contribution is 2.31. The highest BCUT2D eigenvalue weighted by Gasteiger charge is 2.31. The zero-order valence-electron chi connectivity index (χ0n) is 9.61. The molecule has 2 rings (SSSR count). The average Bonchev–Trinajstić information content (AvgIpc) is 2.60. The number of carbonyl (C=O) groups is 1. The van der Waals surface area contributed by atoms with E-state index < -0.39 is 0 Å². The molecule has 1 saturated heterocycles. The standard InChI is InChI=1S/C13H16BrNO/c1-9(2)10-5-3-4-6-12(10)15-8-7-11(14)13(15)16/h3-6,9,11H,7-8H2,1-2H3. The van der Waals surface area contributed by atoms with Crippen LogP contribution in [0.4, 0.5) is 5.69 Å². The summed E-state index contributed by atoms with van der Waals surface area (Å²) in [7, 11) is 0. The molecular formula is C13H16BrNO. The van der Waals surface area contributed by atoms with Crippen molar-refractivity contribution in [2.45, 2.75) is 31.0 Å². The van der Waals surface area contributed by atoms with E-state index in [4.69, 9.17) is 0 Å². The largest absolute Gasteiger partial charge is 0.311 e. The molecule has 1 aliphatic heterocycles. The van der Waals surface area contributed by atoms with Gasteiger partial charge < -0.3 is 4.90 Å². The van der Waals surface area contributed by atoms with Crippen molar-refractivity contribution >= 4 is 27.5 Å². The fraction of sp³-hybridized carbons (Fsp3) is 0.462. The summed E-state index contributed by atoms with van der Waals surface area (Å²) in [5, 5.41) is 0. The van der Waals surface area contributed by atoms with E-state index in [0.29, 0.717) is 5.92 Å². The van der Waals surface area contributed by atoms with Crippen LogP contribution in [0.25, 0.3) is 0 Å². The molecule has 0 bridgehead atoms. The molecule has 3 heteroatoms. The van der Waals surface area contributed by atoms with Crippen molar-refractivity contribution in [1.29, 1.82) is 0 Å². The number of carbonyl (C=O) groups excluding carboxylic acids is 1. The Bertz CT molecular complexity index is 403. The van der Waals surface area contributed by atoms with E-state index in [0.717, 1.165) is 18.7 Å². The van der Waals surface area contributed by atoms with E-state index in [2.05, 4.69) is 35.8 Å². The number of anilines is 1. The predicted molar refractivity (Wildman–Crippen MR) is 70.2 cm³/mol. The van der Waals surface area contributed by atoms with Crippen LogP contribution in [0, 0.1) is 0 Å². The predicted octanol–water partition coefficient (Wildman–Crippen LogP) is 3.31. The number of benzene rings is 1. The maximum atomic E-state index is 12.0. The molecule has 86 valence electrons. The van der Waals surface area contributed by atoms with Crippen LogP contribution in [-0.4, -0.2) is 17.3 Å². The Morgan fingerprint density at radius 3 is 2.62 bits per heavy atom. The van der Waals surface area contributed by atoms with Crippen molar-refractivity contribution < 1.29 is 4.79 Å². The summed E-state index contributed by atoms with van der Waals surface area (Å²) in [4.78, 5) is 13.9. The van der Waals surface area contributed by atoms with Gasteiger partial charge in [-0.25, -0.2) is 0 Å². The lowest BCUT2D eigenvalue weighted by Crippen LogP contribution is -2.28. The first-order valence-electron chi connectivity index (χ1n) is 5.65. The Hall–Kier alpha value is -0.830. The normalized spacial score (nSPS) is 20.9. The molecule has 1 aromatic carbocycles. The molecule has 1 aliphatic rings. The van der Waals surface area contributed by atoms with E-state index in [1.165, 1.54) is 5.56 Å². The topological polar surface area (TPSA) is 20.3 Å². The van der Waals surface area contributed by atoms with Crippen LogP contribution in [0.2, 0.25) is 0 Å². The Morgan fingerprint density at radius 1 is 1.38 bits per heavy atom. The van der Waals surface area contributed by atoms with E-state index in [1.54, 1.807) is 0 Å². The van der Waals surface area contributed by atoms with Crippen molar-refractivity contribution in [3.05, 3.63) is 29.8 Å². The van der Waals surface area contributed by atoms with Crippen LogP contribution in [0.3, 0.4) is 0 Å². The summed E-state index contributed by atoms with van der Waals surface area (Å²) < 4.78 is 0. The fourth-order valence-electron chi connectivity index (χ4n) is 2.11. The first kappa shape index (κ1) is 11.6. The molecule has 1 heterocycles. The first-order chi connectivity index (χ1) is 7.61. The molecule has 0 radical (unpaired) electrons. The lowest BCUT2D eigenvalue weighted by atomic mass is 10.0. The number of alkyl halides is 1. The number of rotatable bonds is 2. The number of amides is 1. The van der Waals surface area contributed by atoms with Gasteiger partial charge in [0.2, 0.25) is 5.91 Å². The maximum absolute atomic E-state index is 12.0. The van der Waals surface area contributed by atoms with Crippen LogP contribution in [0.15, 0.2) is 24.3 Å². The SMILES string of the molecule is CC(C)c1ccccc1N1CCC(Br)C1=O. The summed E-state index contributed by atoms with van der Waals surface area (Å²) in [6, 6.07) is 8.17. The van der Waals surface area contributed by atoms with Crippen molar-refractivity contribution in [1.82, 2.24) is 0 Å². The highest BCUT2D eigenvalue weighted by molar-refractivity contribution is 9.10. The van der Waals surface area contributed by atoms with Gasteiger partial charge in [-0.3, -0.25) is 4.79 Å². The first-order valence-corrected chi connectivity index (χ1v) is 6.57. The molecule has 0 saturated carbocycles. The molecule has 1 aromatic rings. The number of halogens is 1. The van der Waals surface area contributed by atoms with Gasteiger partial charge >= 0.3 is 0 Å². The molecule has 1 amide bonds. The molecule has 1 fully saturated rings. The monoisotopic (exact) mass is 281 g/mol. The van der Waals surface area contributed by atoms with Crippen molar-refractivity contribution in [3.8, 4) is 0 Å². The van der Waals surface area contributed by atoms with Gasteiger partial charge in [-0.05, 0) is 24.0 Å². The molecular weight excluding hydrogens is 266 g/mol. The molecule has 1 unspecified atom stereocenters. The number of hydrogen-bond acceptors (Lipinski definition) is 1. The molecule has 0 aromatic heterocycles. The van der Waals surface area contributed by atoms with E-state index in [9.17, 15) is 4.79 Å². The summed E-state index contributed by atoms with van der Waals surface area (Å²) in [5.74, 6) is 0.631. The van der Waals surface area contributed by atoms with Crippen LogP contribution < -0.4 is 4.90 Å². The van der Waals surface area contributed by atoms with Gasteiger partial charge in [0.15, 0.2) is 0 Å². The van der Waals surface area contributed by atoms with Gasteiger partial charge in [0.05, 0.1) is 4.83 Å². The molecule has 16 heavy (non-hydrogen) atoms. The minimum atomic E-state index is -0.00674. The van der Waals surface area contributed by atoms with Crippen molar-refractivity contribution in [2.24, 2.45) is 0 Å². The highest BCUT2D eigenvalue weighted by atomic mass is 79.9. The number of para-hydroxylation sites is 1. The zero-order chi connectivity index (χ0) is 11.7. The van der Waals surface area contributed by atoms with Gasteiger partial charge in [0, 0.05) is 12.2 Å². The second-order valence-electron chi connectivity index (χ2n) is 4.46. The summed E-state index contributed by atoms with van der Waals surface area (Å²) in [6.45, 7) is 5.13. The smallest absolute Gasteiger partial charge is 0.240 e. The van der Waals surface area contributed by atoms with Crippen molar-refractivity contribution in [2.75, 3.05) is 11.4 Å². The number of nitrogens with zero attached hydrogens (tertiary/aromatic N) is 1. The Morgan fingerprint density at radius 2 is 2.06 bits per heavy atom. The van der Waals surface area contributed by atoms with Crippen LogP contribution in [-0.2, 0) is 4.79 Å². The van der Waals surface area contributed by atoms with E-state index in [1.807, 2.05) is 23.1 Å². The van der Waals surface area contributed by atoms with Crippen LogP contribution in [0.5, 0.6) is 0 Å². The van der Waals surface area contributed by atoms with E-state index >= 15 is 0 Å². The Balaban J connectivity index is 2.37. The zero-order valence-corrected chi connectivity index (χ0v) is 11.2. The molecule has 2 nitrogen and oxygen atoms in total. The molecule has 0 N–H and O–H groups in total. The average molecular weight is 282 g/mol. The third-order valence-corrected chi connectivity index (χ3v) is 3.84. The summed E-state index contributed by atoms with van der Waals surface area (Å²) >= 11 is 3.41. The van der Waals surface area contributed by atoms with Gasteiger partial charge in [0.25, 0.3) is 0 Å². The lowest BCUT2D eigenvalue weighted by molar-refractivity contribution is -0.116. The summed E-state index contributed by atoms with van der Waals surface area (Å²) in [5.41, 5.74) is 2.32. The minimum absolute atomic E-state index is 0.00674. The van der Waals surface area contributed by atoms with Crippen molar-refractivity contribution in [3.63, 3.8) is 0 Å². The van der Waals surface area contributed by atoms with Gasteiger partial charge in [-0.1, -0.05) is 48.0 Å². The molecule has 1 atom stereocenters. The lowest BCUT2D eigenvalue weighted by Gasteiger charge is -2.21. The van der Waals surface area contributed by atoms with Gasteiger partial charge in [0.1, 0.15) is 0 Å². The molecule has 0 aliphatic carbocycles. The van der Waals surface area contributed by atoms with Gasteiger partial charge in [-0.15, -0.1) is 0 Å².